The minimum absolute atomic E-state index is 0.0486. The molecular formula is C26H29ClN4O5S. The fourth-order valence-corrected chi connectivity index (χ4v) is 4.72. The van der Waals surface area contributed by atoms with Crippen molar-refractivity contribution in [3.05, 3.63) is 88.3 Å². The summed E-state index contributed by atoms with van der Waals surface area (Å²) in [6.07, 6.45) is 1.23. The molecule has 2 amide bonds. The van der Waals surface area contributed by atoms with Crippen LogP contribution in [0.1, 0.15) is 43.4 Å². The van der Waals surface area contributed by atoms with Crippen LogP contribution in [-0.4, -0.2) is 36.3 Å². The Morgan fingerprint density at radius 2 is 1.62 bits per heavy atom. The highest BCUT2D eigenvalue weighted by atomic mass is 35.5. The van der Waals surface area contributed by atoms with Crippen molar-refractivity contribution in [2.75, 3.05) is 0 Å². The van der Waals surface area contributed by atoms with Gasteiger partial charge in [-0.2, -0.15) is 9.41 Å². The summed E-state index contributed by atoms with van der Waals surface area (Å²) in [5.74, 6) is -1.10. The summed E-state index contributed by atoms with van der Waals surface area (Å²) in [5, 5.41) is 6.82. The maximum atomic E-state index is 13.5. The lowest BCUT2D eigenvalue weighted by Gasteiger charge is -2.21. The first kappa shape index (κ1) is 28.1. The standard InChI is InChI=1S/C26H29ClN4O5S/c1-18-5-13-23(14-6-18)37(34,35)31(16-19-7-9-20(27)10-8-19)17-22-12-11-21(36-22)15-28-30-25(33)24(32)29-26(2,3)4/h5-15H,16-17H2,1-4H3,(H,29,32)(H,30,33)/b28-15+. The predicted molar refractivity (Wildman–Crippen MR) is 141 cm³/mol. The van der Waals surface area contributed by atoms with Crippen molar-refractivity contribution in [2.45, 2.75) is 51.2 Å². The second-order valence-corrected chi connectivity index (χ2v) is 11.8. The molecule has 0 bridgehead atoms. The number of halogens is 1. The van der Waals surface area contributed by atoms with Gasteiger partial charge in [0.25, 0.3) is 0 Å². The van der Waals surface area contributed by atoms with Crippen molar-refractivity contribution in [2.24, 2.45) is 5.10 Å². The van der Waals surface area contributed by atoms with Crippen LogP contribution in [0.3, 0.4) is 0 Å². The third-order valence-corrected chi connectivity index (χ3v) is 7.06. The van der Waals surface area contributed by atoms with Crippen LogP contribution in [-0.2, 0) is 32.7 Å². The van der Waals surface area contributed by atoms with Gasteiger partial charge in [-0.05, 0) is 69.7 Å². The van der Waals surface area contributed by atoms with Gasteiger partial charge in [-0.1, -0.05) is 41.4 Å². The van der Waals surface area contributed by atoms with Gasteiger partial charge in [0.2, 0.25) is 10.0 Å². The summed E-state index contributed by atoms with van der Waals surface area (Å²) in [7, 11) is -3.86. The van der Waals surface area contributed by atoms with E-state index in [1.807, 2.05) is 6.92 Å². The Kier molecular flexibility index (Phi) is 8.90. The Balaban J connectivity index is 1.76. The van der Waals surface area contributed by atoms with E-state index in [-0.39, 0.29) is 23.7 Å². The second-order valence-electron chi connectivity index (χ2n) is 9.42. The van der Waals surface area contributed by atoms with Gasteiger partial charge in [0, 0.05) is 17.1 Å². The van der Waals surface area contributed by atoms with E-state index >= 15 is 0 Å². The number of hydrazone groups is 1. The van der Waals surface area contributed by atoms with Gasteiger partial charge in [0.05, 0.1) is 17.7 Å². The van der Waals surface area contributed by atoms with Crippen LogP contribution in [0.15, 0.2) is 75.1 Å². The lowest BCUT2D eigenvalue weighted by Crippen LogP contribution is -2.47. The molecule has 37 heavy (non-hydrogen) atoms. The SMILES string of the molecule is Cc1ccc(S(=O)(=O)N(Cc2ccc(Cl)cc2)Cc2ccc(/C=N/NC(=O)C(=O)NC(C)(C)C)o2)cc1. The van der Waals surface area contributed by atoms with E-state index in [4.69, 9.17) is 16.0 Å². The van der Waals surface area contributed by atoms with Gasteiger partial charge in [0.15, 0.2) is 0 Å². The molecule has 11 heteroatoms. The average molecular weight is 545 g/mol. The van der Waals surface area contributed by atoms with Gasteiger partial charge in [-0.15, -0.1) is 0 Å². The maximum absolute atomic E-state index is 13.5. The number of carbonyl (C=O) groups excluding carboxylic acids is 2. The molecule has 1 aromatic heterocycles. The normalized spacial score (nSPS) is 12.2. The highest BCUT2D eigenvalue weighted by Crippen LogP contribution is 2.23. The van der Waals surface area contributed by atoms with E-state index < -0.39 is 27.4 Å². The minimum atomic E-state index is -3.86. The number of sulfonamides is 1. The van der Waals surface area contributed by atoms with Crippen molar-refractivity contribution in [1.82, 2.24) is 15.0 Å². The fourth-order valence-electron chi connectivity index (χ4n) is 3.20. The van der Waals surface area contributed by atoms with Crippen molar-refractivity contribution in [3.63, 3.8) is 0 Å². The van der Waals surface area contributed by atoms with Crippen LogP contribution in [0.2, 0.25) is 5.02 Å². The molecule has 0 aliphatic rings. The Labute approximate surface area is 221 Å². The van der Waals surface area contributed by atoms with E-state index in [0.717, 1.165) is 11.1 Å². The zero-order valence-electron chi connectivity index (χ0n) is 21.0. The maximum Gasteiger partial charge on any atom is 0.329 e. The molecule has 2 N–H and O–H groups in total. The van der Waals surface area contributed by atoms with Crippen LogP contribution >= 0.6 is 11.6 Å². The Morgan fingerprint density at radius 3 is 2.24 bits per heavy atom. The number of hydrogen-bond donors (Lipinski definition) is 2. The average Bonchev–Trinajstić information content (AvgIpc) is 3.26. The Bertz CT molecular complexity index is 1380. The molecule has 0 saturated carbocycles. The predicted octanol–water partition coefficient (Wildman–Crippen LogP) is 4.00. The van der Waals surface area contributed by atoms with Crippen molar-refractivity contribution < 1.29 is 22.4 Å². The van der Waals surface area contributed by atoms with Crippen LogP contribution in [0.4, 0.5) is 0 Å². The zero-order valence-corrected chi connectivity index (χ0v) is 22.6. The molecule has 3 aromatic rings. The van der Waals surface area contributed by atoms with Crippen LogP contribution in [0.5, 0.6) is 0 Å². The molecule has 3 rings (SSSR count). The number of hydrogen-bond acceptors (Lipinski definition) is 6. The molecule has 0 radical (unpaired) electrons. The number of aryl methyl sites for hydroxylation is 1. The van der Waals surface area contributed by atoms with Crippen molar-refractivity contribution in [1.29, 1.82) is 0 Å². The number of amides is 2. The highest BCUT2D eigenvalue weighted by molar-refractivity contribution is 7.89. The van der Waals surface area contributed by atoms with Gasteiger partial charge in [-0.25, -0.2) is 13.8 Å². The molecule has 0 spiro atoms. The topological polar surface area (TPSA) is 121 Å². The van der Waals surface area contributed by atoms with Crippen molar-refractivity contribution >= 4 is 39.7 Å². The van der Waals surface area contributed by atoms with Crippen LogP contribution in [0.25, 0.3) is 0 Å². The molecule has 196 valence electrons. The largest absolute Gasteiger partial charge is 0.459 e. The number of nitrogens with zero attached hydrogens (tertiary/aromatic N) is 2. The van der Waals surface area contributed by atoms with E-state index in [1.165, 1.54) is 10.5 Å². The molecule has 0 aliphatic carbocycles. The number of benzene rings is 2. The van der Waals surface area contributed by atoms with Crippen molar-refractivity contribution in [3.8, 4) is 0 Å². The third-order valence-electron chi connectivity index (χ3n) is 5.00. The van der Waals surface area contributed by atoms with E-state index in [2.05, 4.69) is 15.8 Å². The van der Waals surface area contributed by atoms with Crippen LogP contribution in [0, 0.1) is 6.92 Å². The lowest BCUT2D eigenvalue weighted by molar-refractivity contribution is -0.140. The highest BCUT2D eigenvalue weighted by Gasteiger charge is 2.26. The first-order valence-electron chi connectivity index (χ1n) is 11.4. The summed E-state index contributed by atoms with van der Waals surface area (Å²) >= 11 is 5.98. The monoisotopic (exact) mass is 544 g/mol. The summed E-state index contributed by atoms with van der Waals surface area (Å²) in [6.45, 7) is 7.18. The first-order chi connectivity index (χ1) is 17.3. The molecule has 0 fully saturated rings. The summed E-state index contributed by atoms with van der Waals surface area (Å²) in [5.41, 5.74) is 3.27. The quantitative estimate of drug-likeness (QED) is 0.252. The first-order valence-corrected chi connectivity index (χ1v) is 13.2. The summed E-state index contributed by atoms with van der Waals surface area (Å²) in [4.78, 5) is 23.9. The zero-order chi connectivity index (χ0) is 27.2. The molecule has 2 aromatic carbocycles. The number of nitrogens with one attached hydrogen (secondary N) is 2. The second kappa shape index (κ2) is 11.7. The third kappa shape index (κ3) is 8.28. The molecule has 1 heterocycles. The molecule has 0 unspecified atom stereocenters. The Hall–Kier alpha value is -3.47. The number of furan rings is 1. The molecular weight excluding hydrogens is 516 g/mol. The summed E-state index contributed by atoms with van der Waals surface area (Å²) in [6, 6.07) is 16.7. The molecule has 0 atom stereocenters. The summed E-state index contributed by atoms with van der Waals surface area (Å²) < 4.78 is 34.0. The van der Waals surface area contributed by atoms with Crippen LogP contribution < -0.4 is 10.7 Å². The lowest BCUT2D eigenvalue weighted by atomic mass is 10.1. The fraction of sp³-hybridized carbons (Fsp3) is 0.269. The number of rotatable bonds is 8. The Morgan fingerprint density at radius 1 is 0.973 bits per heavy atom. The smallest absolute Gasteiger partial charge is 0.329 e. The van der Waals surface area contributed by atoms with E-state index in [9.17, 15) is 18.0 Å². The van der Waals surface area contributed by atoms with Gasteiger partial charge in [-0.3, -0.25) is 9.59 Å². The van der Waals surface area contributed by atoms with Gasteiger partial charge >= 0.3 is 11.8 Å². The number of carbonyl (C=O) groups is 2. The van der Waals surface area contributed by atoms with E-state index in [0.29, 0.717) is 10.8 Å². The van der Waals surface area contributed by atoms with Gasteiger partial charge in [0.1, 0.15) is 11.5 Å². The van der Waals surface area contributed by atoms with E-state index in [1.54, 1.807) is 81.4 Å². The van der Waals surface area contributed by atoms with Gasteiger partial charge < -0.3 is 9.73 Å². The molecule has 0 saturated heterocycles. The molecule has 9 nitrogen and oxygen atoms in total. The minimum Gasteiger partial charge on any atom is -0.459 e. The molecule has 0 aliphatic heterocycles.